The fourth-order valence-corrected chi connectivity index (χ4v) is 5.57. The molecule has 2 heterocycles. The number of halogens is 1. The molecule has 0 N–H and O–H groups in total. The van der Waals surface area contributed by atoms with Gasteiger partial charge in [-0.3, -0.25) is 14.5 Å². The molecule has 41 heavy (non-hydrogen) atoms. The van der Waals surface area contributed by atoms with Crippen molar-refractivity contribution in [2.24, 2.45) is 0 Å². The minimum Gasteiger partial charge on any atom is -0.379 e. The van der Waals surface area contributed by atoms with Crippen molar-refractivity contribution in [2.75, 3.05) is 45.9 Å². The van der Waals surface area contributed by atoms with Crippen LogP contribution in [0.2, 0.25) is 0 Å². The van der Waals surface area contributed by atoms with Crippen LogP contribution in [0.3, 0.4) is 0 Å². The third-order valence-corrected chi connectivity index (χ3v) is 8.07. The molecule has 1 aliphatic heterocycles. The summed E-state index contributed by atoms with van der Waals surface area (Å²) in [5.74, 6) is -0.647. The lowest BCUT2D eigenvalue weighted by atomic mass is 10.0. The van der Waals surface area contributed by atoms with Gasteiger partial charge >= 0.3 is 0 Å². The Morgan fingerprint density at radius 3 is 2.20 bits per heavy atom. The van der Waals surface area contributed by atoms with E-state index < -0.39 is 0 Å². The second-order valence-corrected chi connectivity index (χ2v) is 11.1. The predicted molar refractivity (Wildman–Crippen MR) is 160 cm³/mol. The lowest BCUT2D eigenvalue weighted by molar-refractivity contribution is -0.133. The Bertz CT molecular complexity index is 1390. The molecule has 3 aromatic carbocycles. The fourth-order valence-electron chi connectivity index (χ4n) is 4.85. The number of hydrogen-bond donors (Lipinski definition) is 0. The molecule has 1 saturated heterocycles. The van der Waals surface area contributed by atoms with Crippen molar-refractivity contribution < 1.29 is 18.7 Å². The summed E-state index contributed by atoms with van der Waals surface area (Å²) in [6, 6.07) is 27.7. The number of thiophene rings is 1. The highest BCUT2D eigenvalue weighted by molar-refractivity contribution is 7.09. The molecule has 2 amide bonds. The summed E-state index contributed by atoms with van der Waals surface area (Å²) in [5.41, 5.74) is 3.48. The number of carbonyl (C=O) groups is 2. The van der Waals surface area contributed by atoms with Crippen LogP contribution in [0, 0.1) is 5.82 Å². The Morgan fingerprint density at radius 2 is 1.51 bits per heavy atom. The van der Waals surface area contributed by atoms with Crippen molar-refractivity contribution in [1.29, 1.82) is 0 Å². The summed E-state index contributed by atoms with van der Waals surface area (Å²) in [6.45, 7) is 4.73. The van der Waals surface area contributed by atoms with Crippen LogP contribution in [0.1, 0.15) is 20.8 Å². The summed E-state index contributed by atoms with van der Waals surface area (Å²) in [6.07, 6.45) is 0. The Hall–Kier alpha value is -3.85. The van der Waals surface area contributed by atoms with Crippen LogP contribution in [0.15, 0.2) is 96.4 Å². The van der Waals surface area contributed by atoms with Crippen LogP contribution >= 0.6 is 11.3 Å². The number of carbonyl (C=O) groups excluding carboxylic acids is 2. The first kappa shape index (κ1) is 28.7. The van der Waals surface area contributed by atoms with Gasteiger partial charge in [-0.15, -0.1) is 11.3 Å². The molecular formula is C33H34FN3O3S. The molecule has 1 aliphatic rings. The summed E-state index contributed by atoms with van der Waals surface area (Å²) in [5, 5.41) is 1.98. The topological polar surface area (TPSA) is 53.1 Å². The summed E-state index contributed by atoms with van der Waals surface area (Å²) < 4.78 is 19.0. The number of nitrogens with zero attached hydrogens (tertiary/aromatic N) is 3. The standard InChI is InChI=1S/C33H34FN3O3S/c34-30-14-8-26(9-15-30)23-37(24-31-7-4-22-41-31)32(38)25-36(17-16-35-18-20-40-21-19-35)33(39)29-12-10-28(11-13-29)27-5-2-1-3-6-27/h1-15,22H,16-21,23-25H2. The van der Waals surface area contributed by atoms with Gasteiger partial charge in [-0.2, -0.15) is 0 Å². The largest absolute Gasteiger partial charge is 0.379 e. The van der Waals surface area contributed by atoms with Gasteiger partial charge in [-0.05, 0) is 52.4 Å². The molecule has 0 bridgehead atoms. The van der Waals surface area contributed by atoms with E-state index in [1.165, 1.54) is 12.1 Å². The molecule has 5 rings (SSSR count). The molecular weight excluding hydrogens is 537 g/mol. The SMILES string of the molecule is O=C(CN(CCN1CCOCC1)C(=O)c1ccc(-c2ccccc2)cc1)N(Cc1ccc(F)cc1)Cc1cccs1. The van der Waals surface area contributed by atoms with Gasteiger partial charge in [-0.1, -0.05) is 60.7 Å². The van der Waals surface area contributed by atoms with E-state index in [2.05, 4.69) is 4.90 Å². The number of amides is 2. The first-order valence-corrected chi connectivity index (χ1v) is 14.7. The lowest BCUT2D eigenvalue weighted by Gasteiger charge is -2.31. The van der Waals surface area contributed by atoms with Gasteiger partial charge in [0, 0.05) is 43.2 Å². The van der Waals surface area contributed by atoms with E-state index >= 15 is 0 Å². The third-order valence-electron chi connectivity index (χ3n) is 7.21. The quantitative estimate of drug-likeness (QED) is 0.237. The van der Waals surface area contributed by atoms with Crippen LogP contribution in [-0.2, 0) is 22.6 Å². The zero-order chi connectivity index (χ0) is 28.4. The normalized spacial score (nSPS) is 13.6. The van der Waals surface area contributed by atoms with Gasteiger partial charge in [0.15, 0.2) is 0 Å². The van der Waals surface area contributed by atoms with Gasteiger partial charge in [-0.25, -0.2) is 4.39 Å². The average molecular weight is 572 g/mol. The highest BCUT2D eigenvalue weighted by Gasteiger charge is 2.24. The molecule has 4 aromatic rings. The van der Waals surface area contributed by atoms with E-state index in [1.807, 2.05) is 72.1 Å². The maximum absolute atomic E-state index is 13.8. The van der Waals surface area contributed by atoms with Crippen LogP contribution in [0.4, 0.5) is 4.39 Å². The van der Waals surface area contributed by atoms with Crippen LogP contribution in [-0.4, -0.2) is 72.5 Å². The molecule has 0 saturated carbocycles. The van der Waals surface area contributed by atoms with Crippen molar-refractivity contribution >= 4 is 23.2 Å². The Balaban J connectivity index is 1.34. The highest BCUT2D eigenvalue weighted by atomic mass is 32.1. The number of benzene rings is 3. The minimum absolute atomic E-state index is 0.0455. The van der Waals surface area contributed by atoms with E-state index in [0.29, 0.717) is 45.0 Å². The molecule has 1 fully saturated rings. The molecule has 0 atom stereocenters. The van der Waals surface area contributed by atoms with Gasteiger partial charge in [0.1, 0.15) is 12.4 Å². The van der Waals surface area contributed by atoms with Crippen LogP contribution < -0.4 is 0 Å². The van der Waals surface area contributed by atoms with Gasteiger partial charge in [0.05, 0.1) is 19.8 Å². The third kappa shape index (κ3) is 8.10. The van der Waals surface area contributed by atoms with Crippen LogP contribution in [0.25, 0.3) is 11.1 Å². The molecule has 0 unspecified atom stereocenters. The monoisotopic (exact) mass is 571 g/mol. The summed E-state index contributed by atoms with van der Waals surface area (Å²) >= 11 is 1.58. The number of hydrogen-bond acceptors (Lipinski definition) is 5. The molecule has 6 nitrogen and oxygen atoms in total. The van der Waals surface area contributed by atoms with E-state index in [1.54, 1.807) is 33.3 Å². The van der Waals surface area contributed by atoms with Crippen molar-refractivity contribution in [3.8, 4) is 11.1 Å². The van der Waals surface area contributed by atoms with Crippen molar-refractivity contribution in [3.05, 3.63) is 118 Å². The van der Waals surface area contributed by atoms with E-state index in [9.17, 15) is 14.0 Å². The smallest absolute Gasteiger partial charge is 0.254 e. The van der Waals surface area contributed by atoms with E-state index in [4.69, 9.17) is 4.74 Å². The Kier molecular flexibility index (Phi) is 9.91. The van der Waals surface area contributed by atoms with Gasteiger partial charge in [0.25, 0.3) is 5.91 Å². The molecule has 8 heteroatoms. The predicted octanol–water partition coefficient (Wildman–Crippen LogP) is 5.56. The van der Waals surface area contributed by atoms with E-state index in [-0.39, 0.29) is 24.2 Å². The molecule has 1 aromatic heterocycles. The molecule has 212 valence electrons. The first-order valence-electron chi connectivity index (χ1n) is 13.8. The summed E-state index contributed by atoms with van der Waals surface area (Å²) in [7, 11) is 0. The fraction of sp³-hybridized carbons (Fsp3) is 0.273. The highest BCUT2D eigenvalue weighted by Crippen LogP contribution is 2.21. The van der Waals surface area contributed by atoms with Crippen LogP contribution in [0.5, 0.6) is 0 Å². The van der Waals surface area contributed by atoms with E-state index in [0.717, 1.165) is 34.7 Å². The first-order chi connectivity index (χ1) is 20.0. The Morgan fingerprint density at radius 1 is 0.805 bits per heavy atom. The molecule has 0 aliphatic carbocycles. The average Bonchev–Trinajstić information content (AvgIpc) is 3.54. The zero-order valence-corrected chi connectivity index (χ0v) is 23.8. The van der Waals surface area contributed by atoms with Crippen molar-refractivity contribution in [3.63, 3.8) is 0 Å². The number of ether oxygens (including phenoxy) is 1. The van der Waals surface area contributed by atoms with Gasteiger partial charge in [0.2, 0.25) is 5.91 Å². The Labute approximate surface area is 244 Å². The minimum atomic E-state index is -0.317. The number of morpholine rings is 1. The number of rotatable bonds is 11. The van der Waals surface area contributed by atoms with Crippen molar-refractivity contribution in [2.45, 2.75) is 13.1 Å². The summed E-state index contributed by atoms with van der Waals surface area (Å²) in [4.78, 5) is 34.3. The lowest BCUT2D eigenvalue weighted by Crippen LogP contribution is -2.47. The molecule has 0 spiro atoms. The zero-order valence-electron chi connectivity index (χ0n) is 23.0. The second kappa shape index (κ2) is 14.2. The maximum atomic E-state index is 13.8. The molecule has 0 radical (unpaired) electrons. The second-order valence-electron chi connectivity index (χ2n) is 10.1. The maximum Gasteiger partial charge on any atom is 0.254 e. The van der Waals surface area contributed by atoms with Crippen molar-refractivity contribution in [1.82, 2.24) is 14.7 Å². The van der Waals surface area contributed by atoms with Gasteiger partial charge < -0.3 is 14.5 Å².